The molecule has 0 atom stereocenters. The maximum absolute atomic E-state index is 12.4. The van der Waals surface area contributed by atoms with Crippen molar-refractivity contribution in [3.8, 4) is 11.1 Å². The van der Waals surface area contributed by atoms with Gasteiger partial charge in [0, 0.05) is 52.4 Å². The number of Topliss-reactive ketones (excluding diaryl/α,β-unsaturated/α-hetero) is 1. The lowest BCUT2D eigenvalue weighted by molar-refractivity contribution is 0.0994. The van der Waals surface area contributed by atoms with Crippen molar-refractivity contribution in [2.45, 2.75) is 33.2 Å². The normalized spacial score (nSPS) is 13.8. The third kappa shape index (κ3) is 2.88. The van der Waals surface area contributed by atoms with Gasteiger partial charge in [0.2, 0.25) is 0 Å². The smallest absolute Gasteiger partial charge is 0.163 e. The van der Waals surface area contributed by atoms with Crippen LogP contribution in [0.2, 0.25) is 0 Å². The summed E-state index contributed by atoms with van der Waals surface area (Å²) in [4.78, 5) is 14.8. The van der Waals surface area contributed by atoms with E-state index in [1.54, 1.807) is 12.5 Å². The zero-order valence-corrected chi connectivity index (χ0v) is 16.9. The fourth-order valence-corrected chi connectivity index (χ4v) is 4.71. The second kappa shape index (κ2) is 7.16. The van der Waals surface area contributed by atoms with E-state index in [-0.39, 0.29) is 5.78 Å². The molecule has 5 heteroatoms. The number of nitrogens with zero attached hydrogens (tertiary/aromatic N) is 3. The van der Waals surface area contributed by atoms with Crippen molar-refractivity contribution in [3.05, 3.63) is 53.9 Å². The number of likely N-dealkylation sites (N-methyl/N-ethyl adjacent to an activating group) is 1. The molecule has 0 N–H and O–H groups in total. The quantitative estimate of drug-likeness (QED) is 0.471. The topological polar surface area (TPSA) is 51.3 Å². The highest BCUT2D eigenvalue weighted by Gasteiger charge is 2.25. The molecule has 0 saturated heterocycles. The van der Waals surface area contributed by atoms with Gasteiger partial charge in [0.25, 0.3) is 0 Å². The molecule has 5 rings (SSSR count). The van der Waals surface area contributed by atoms with E-state index >= 15 is 0 Å². The van der Waals surface area contributed by atoms with Gasteiger partial charge < -0.3 is 14.0 Å². The van der Waals surface area contributed by atoms with Gasteiger partial charge in [-0.3, -0.25) is 4.79 Å². The number of hydrogen-bond donors (Lipinski definition) is 0. The van der Waals surface area contributed by atoms with E-state index in [2.05, 4.69) is 52.7 Å². The van der Waals surface area contributed by atoms with Crippen molar-refractivity contribution in [3.63, 3.8) is 0 Å². The number of aryl methyl sites for hydroxylation is 1. The lowest BCUT2D eigenvalue weighted by Gasteiger charge is -2.19. The Morgan fingerprint density at radius 2 is 1.90 bits per heavy atom. The largest absolute Gasteiger partial charge is 0.364 e. The van der Waals surface area contributed by atoms with Crippen LogP contribution in [0.5, 0.6) is 0 Å². The first-order valence-electron chi connectivity index (χ1n) is 10.4. The minimum atomic E-state index is 0.265. The average Bonchev–Trinajstić information content (AvgIpc) is 3.47. The summed E-state index contributed by atoms with van der Waals surface area (Å²) in [6, 6.07) is 10.7. The minimum Gasteiger partial charge on any atom is -0.364 e. The van der Waals surface area contributed by atoms with Gasteiger partial charge in [-0.15, -0.1) is 0 Å². The number of carbonyl (C=O) groups excluding carboxylic acids is 1. The standard InChI is InChI=1S/C24H25N3O2/c1-3-26(4-2)11-12-27-21-8-5-16(17-14-25-29-15-17)13-20(21)24-19-7-10-23(28)18(19)6-9-22(24)27/h5-6,8-9,13-15H,3-4,7,10-12H2,1-2H3. The van der Waals surface area contributed by atoms with Crippen LogP contribution >= 0.6 is 0 Å². The summed E-state index contributed by atoms with van der Waals surface area (Å²) >= 11 is 0. The van der Waals surface area contributed by atoms with Crippen molar-refractivity contribution in [2.75, 3.05) is 19.6 Å². The van der Waals surface area contributed by atoms with Gasteiger partial charge in [-0.1, -0.05) is 25.1 Å². The highest BCUT2D eigenvalue weighted by Crippen LogP contribution is 2.38. The molecule has 0 saturated carbocycles. The van der Waals surface area contributed by atoms with Gasteiger partial charge in [0.05, 0.1) is 6.20 Å². The average molecular weight is 387 g/mol. The van der Waals surface area contributed by atoms with E-state index in [4.69, 9.17) is 4.52 Å². The van der Waals surface area contributed by atoms with Crippen molar-refractivity contribution in [1.29, 1.82) is 0 Å². The predicted octanol–water partition coefficient (Wildman–Crippen LogP) is 4.92. The molecule has 2 aromatic heterocycles. The molecule has 148 valence electrons. The Bertz CT molecular complexity index is 1200. The lowest BCUT2D eigenvalue weighted by Crippen LogP contribution is -2.26. The summed E-state index contributed by atoms with van der Waals surface area (Å²) in [5, 5.41) is 6.30. The molecule has 29 heavy (non-hydrogen) atoms. The van der Waals surface area contributed by atoms with Crippen molar-refractivity contribution in [1.82, 2.24) is 14.6 Å². The number of benzene rings is 2. The molecule has 0 amide bonds. The maximum Gasteiger partial charge on any atom is 0.163 e. The molecule has 1 aliphatic carbocycles. The van der Waals surface area contributed by atoms with Crippen LogP contribution in [-0.4, -0.2) is 40.0 Å². The van der Waals surface area contributed by atoms with Crippen LogP contribution in [0.3, 0.4) is 0 Å². The Morgan fingerprint density at radius 1 is 1.07 bits per heavy atom. The second-order valence-corrected chi connectivity index (χ2v) is 7.73. The highest BCUT2D eigenvalue weighted by molar-refractivity contribution is 6.15. The summed E-state index contributed by atoms with van der Waals surface area (Å²) < 4.78 is 7.47. The SMILES string of the molecule is CCN(CC)CCn1c2ccc(-c3cnoc3)cc2c2c3c(ccc21)C(=O)CC3. The van der Waals surface area contributed by atoms with E-state index < -0.39 is 0 Å². The van der Waals surface area contributed by atoms with Gasteiger partial charge >= 0.3 is 0 Å². The summed E-state index contributed by atoms with van der Waals surface area (Å²) in [6.07, 6.45) is 4.87. The molecule has 2 aromatic carbocycles. The molecular formula is C24H25N3O2. The van der Waals surface area contributed by atoms with E-state index in [1.807, 2.05) is 6.07 Å². The number of fused-ring (bicyclic) bond motifs is 5. The minimum absolute atomic E-state index is 0.265. The molecule has 0 radical (unpaired) electrons. The van der Waals surface area contributed by atoms with Gasteiger partial charge in [-0.2, -0.15) is 0 Å². The molecule has 0 bridgehead atoms. The molecule has 0 fully saturated rings. The van der Waals surface area contributed by atoms with E-state index in [0.29, 0.717) is 6.42 Å². The molecule has 4 aromatic rings. The summed E-state index contributed by atoms with van der Waals surface area (Å²) in [5.41, 5.74) is 6.61. The van der Waals surface area contributed by atoms with Gasteiger partial charge in [0.1, 0.15) is 6.26 Å². The highest BCUT2D eigenvalue weighted by atomic mass is 16.5. The molecule has 0 aliphatic heterocycles. The third-order valence-corrected chi connectivity index (χ3v) is 6.34. The number of carbonyl (C=O) groups is 1. The fourth-order valence-electron chi connectivity index (χ4n) is 4.71. The number of rotatable bonds is 6. The zero-order valence-electron chi connectivity index (χ0n) is 16.9. The maximum atomic E-state index is 12.4. The van der Waals surface area contributed by atoms with Crippen molar-refractivity contribution < 1.29 is 9.32 Å². The number of ketones is 1. The summed E-state index contributed by atoms with van der Waals surface area (Å²) in [6.45, 7) is 8.46. The Hall–Kier alpha value is -2.92. The van der Waals surface area contributed by atoms with Crippen LogP contribution in [0.15, 0.2) is 47.3 Å². The van der Waals surface area contributed by atoms with Crippen LogP contribution in [0.25, 0.3) is 32.9 Å². The third-order valence-electron chi connectivity index (χ3n) is 6.34. The van der Waals surface area contributed by atoms with E-state index in [9.17, 15) is 4.79 Å². The van der Waals surface area contributed by atoms with E-state index in [0.717, 1.165) is 49.3 Å². The van der Waals surface area contributed by atoms with Gasteiger partial charge in [-0.05, 0) is 54.9 Å². The lowest BCUT2D eigenvalue weighted by atomic mass is 10.0. The van der Waals surface area contributed by atoms with Crippen LogP contribution in [0.1, 0.15) is 36.2 Å². The van der Waals surface area contributed by atoms with Crippen molar-refractivity contribution in [2.24, 2.45) is 0 Å². The van der Waals surface area contributed by atoms with Gasteiger partial charge in [0.15, 0.2) is 5.78 Å². The van der Waals surface area contributed by atoms with E-state index in [1.165, 1.54) is 27.4 Å². The van der Waals surface area contributed by atoms with Crippen molar-refractivity contribution >= 4 is 27.6 Å². The molecule has 5 nitrogen and oxygen atoms in total. The van der Waals surface area contributed by atoms with Crippen LogP contribution in [-0.2, 0) is 13.0 Å². The number of aromatic nitrogens is 2. The monoisotopic (exact) mass is 387 g/mol. The summed E-state index contributed by atoms with van der Waals surface area (Å²) in [7, 11) is 0. The van der Waals surface area contributed by atoms with Crippen LogP contribution < -0.4 is 0 Å². The van der Waals surface area contributed by atoms with Gasteiger partial charge in [-0.25, -0.2) is 0 Å². The number of hydrogen-bond acceptors (Lipinski definition) is 4. The van der Waals surface area contributed by atoms with Crippen LogP contribution in [0.4, 0.5) is 0 Å². The Labute approximate surface area is 169 Å². The Kier molecular flexibility index (Phi) is 4.47. The second-order valence-electron chi connectivity index (χ2n) is 7.73. The predicted molar refractivity (Wildman–Crippen MR) is 115 cm³/mol. The molecule has 0 unspecified atom stereocenters. The fraction of sp³-hybridized carbons (Fsp3) is 0.333. The first-order chi connectivity index (χ1) is 14.2. The Morgan fingerprint density at radius 3 is 2.66 bits per heavy atom. The molecule has 0 spiro atoms. The first kappa shape index (κ1) is 18.1. The zero-order chi connectivity index (χ0) is 20.0. The molecular weight excluding hydrogens is 362 g/mol. The molecule has 2 heterocycles. The first-order valence-corrected chi connectivity index (χ1v) is 10.4. The Balaban J connectivity index is 1.74. The van der Waals surface area contributed by atoms with Crippen LogP contribution in [0, 0.1) is 0 Å². The summed E-state index contributed by atoms with van der Waals surface area (Å²) in [5.74, 6) is 0.265. The molecule has 1 aliphatic rings.